The topological polar surface area (TPSA) is 75.7 Å². The molecule has 1 atom stereocenters. The Morgan fingerprint density at radius 2 is 1.85 bits per heavy atom. The van der Waals surface area contributed by atoms with Gasteiger partial charge in [-0.1, -0.05) is 42.1 Å². The van der Waals surface area contributed by atoms with Crippen LogP contribution in [-0.4, -0.2) is 41.9 Å². The molecule has 1 aliphatic heterocycles. The van der Waals surface area contributed by atoms with Crippen LogP contribution in [0, 0.1) is 5.92 Å². The molecule has 3 rings (SSSR count). The maximum Gasteiger partial charge on any atom is 0.311 e. The molecular formula is C18H20Cl2N2O4. The molecular weight excluding hydrogens is 379 g/mol. The number of anilines is 1. The van der Waals surface area contributed by atoms with Crippen LogP contribution in [0.2, 0.25) is 10.0 Å². The van der Waals surface area contributed by atoms with E-state index in [-0.39, 0.29) is 24.1 Å². The Kier molecular flexibility index (Phi) is 6.04. The minimum Gasteiger partial charge on any atom is -0.455 e. The van der Waals surface area contributed by atoms with Crippen LogP contribution in [0.1, 0.15) is 32.1 Å². The van der Waals surface area contributed by atoms with E-state index in [4.69, 9.17) is 27.9 Å². The van der Waals surface area contributed by atoms with Crippen LogP contribution in [0.5, 0.6) is 0 Å². The summed E-state index contributed by atoms with van der Waals surface area (Å²) in [5.41, 5.74) is 0.278. The summed E-state index contributed by atoms with van der Waals surface area (Å²) in [5, 5.41) is 3.12. The summed E-state index contributed by atoms with van der Waals surface area (Å²) in [7, 11) is 0. The molecule has 1 aromatic carbocycles. The first-order chi connectivity index (χ1) is 12.5. The fraction of sp³-hybridized carbons (Fsp3) is 0.500. The van der Waals surface area contributed by atoms with Gasteiger partial charge in [-0.2, -0.15) is 0 Å². The monoisotopic (exact) mass is 398 g/mol. The molecule has 8 heteroatoms. The van der Waals surface area contributed by atoms with Gasteiger partial charge in [-0.25, -0.2) is 0 Å². The predicted molar refractivity (Wildman–Crippen MR) is 98.1 cm³/mol. The van der Waals surface area contributed by atoms with Crippen molar-refractivity contribution in [1.29, 1.82) is 0 Å². The van der Waals surface area contributed by atoms with Crippen molar-refractivity contribution in [3.05, 3.63) is 28.2 Å². The van der Waals surface area contributed by atoms with Crippen LogP contribution >= 0.6 is 23.2 Å². The van der Waals surface area contributed by atoms with Gasteiger partial charge in [0.15, 0.2) is 6.61 Å². The third-order valence-corrected chi connectivity index (χ3v) is 5.46. The lowest BCUT2D eigenvalue weighted by Crippen LogP contribution is -2.35. The van der Waals surface area contributed by atoms with Gasteiger partial charge in [0, 0.05) is 19.0 Å². The lowest BCUT2D eigenvalue weighted by Gasteiger charge is -2.23. The SMILES string of the molecule is O=C(COC(=O)[C@H]1CC(=O)N(C2CCCC2)C1)Nc1c(Cl)cccc1Cl. The van der Waals surface area contributed by atoms with Gasteiger partial charge >= 0.3 is 5.97 Å². The number of hydrogen-bond donors (Lipinski definition) is 1. The zero-order chi connectivity index (χ0) is 18.7. The normalized spacial score (nSPS) is 20.5. The van der Waals surface area contributed by atoms with Gasteiger partial charge in [0.05, 0.1) is 21.7 Å². The number of likely N-dealkylation sites (tertiary alicyclic amines) is 1. The average molecular weight is 399 g/mol. The summed E-state index contributed by atoms with van der Waals surface area (Å²) < 4.78 is 5.08. The molecule has 0 radical (unpaired) electrons. The number of carbonyl (C=O) groups excluding carboxylic acids is 3. The third-order valence-electron chi connectivity index (χ3n) is 4.83. The summed E-state index contributed by atoms with van der Waals surface area (Å²) in [6, 6.07) is 5.09. The van der Waals surface area contributed by atoms with Crippen LogP contribution in [0.4, 0.5) is 5.69 Å². The van der Waals surface area contributed by atoms with Crippen molar-refractivity contribution in [2.45, 2.75) is 38.1 Å². The molecule has 0 aromatic heterocycles. The molecule has 1 saturated heterocycles. The Morgan fingerprint density at radius 1 is 1.19 bits per heavy atom. The Morgan fingerprint density at radius 3 is 2.50 bits per heavy atom. The smallest absolute Gasteiger partial charge is 0.311 e. The summed E-state index contributed by atoms with van der Waals surface area (Å²) in [5.74, 6) is -1.59. The van der Waals surface area contributed by atoms with Gasteiger partial charge in [-0.15, -0.1) is 0 Å². The lowest BCUT2D eigenvalue weighted by atomic mass is 10.1. The van der Waals surface area contributed by atoms with Gasteiger partial charge in [0.25, 0.3) is 5.91 Å². The number of amides is 2. The van der Waals surface area contributed by atoms with Crippen molar-refractivity contribution in [3.8, 4) is 0 Å². The van der Waals surface area contributed by atoms with E-state index in [9.17, 15) is 14.4 Å². The van der Waals surface area contributed by atoms with E-state index < -0.39 is 24.4 Å². The second-order valence-electron chi connectivity index (χ2n) is 6.64. The average Bonchev–Trinajstić information content (AvgIpc) is 3.25. The zero-order valence-corrected chi connectivity index (χ0v) is 15.7. The Labute approximate surface area is 161 Å². The molecule has 140 valence electrons. The van der Waals surface area contributed by atoms with E-state index >= 15 is 0 Å². The molecule has 6 nitrogen and oxygen atoms in total. The second-order valence-corrected chi connectivity index (χ2v) is 7.45. The molecule has 2 amide bonds. The summed E-state index contributed by atoms with van der Waals surface area (Å²) in [6.45, 7) is -0.0746. The minimum atomic E-state index is -0.537. The molecule has 1 aromatic rings. The van der Waals surface area contributed by atoms with Crippen LogP contribution in [0.3, 0.4) is 0 Å². The van der Waals surface area contributed by atoms with Crippen molar-refractivity contribution in [3.63, 3.8) is 0 Å². The Balaban J connectivity index is 1.49. The van der Waals surface area contributed by atoms with Gasteiger partial charge in [-0.05, 0) is 25.0 Å². The van der Waals surface area contributed by atoms with E-state index in [1.165, 1.54) is 0 Å². The molecule has 1 aliphatic carbocycles. The highest BCUT2D eigenvalue weighted by molar-refractivity contribution is 6.39. The highest BCUT2D eigenvalue weighted by Crippen LogP contribution is 2.31. The minimum absolute atomic E-state index is 0.00819. The van der Waals surface area contributed by atoms with E-state index in [0.717, 1.165) is 25.7 Å². The molecule has 1 saturated carbocycles. The number of esters is 1. The number of nitrogens with one attached hydrogen (secondary N) is 1. The Bertz CT molecular complexity index is 699. The predicted octanol–water partition coefficient (Wildman–Crippen LogP) is 3.27. The van der Waals surface area contributed by atoms with Crippen LogP contribution in [-0.2, 0) is 19.1 Å². The van der Waals surface area contributed by atoms with Crippen molar-refractivity contribution in [1.82, 2.24) is 4.90 Å². The van der Waals surface area contributed by atoms with Gasteiger partial charge in [0.2, 0.25) is 5.91 Å². The summed E-state index contributed by atoms with van der Waals surface area (Å²) in [6.07, 6.45) is 4.37. The van der Waals surface area contributed by atoms with Crippen molar-refractivity contribution in [2.24, 2.45) is 5.92 Å². The highest BCUT2D eigenvalue weighted by Gasteiger charge is 2.39. The number of ether oxygens (including phenoxy) is 1. The first-order valence-electron chi connectivity index (χ1n) is 8.65. The zero-order valence-electron chi connectivity index (χ0n) is 14.2. The highest BCUT2D eigenvalue weighted by atomic mass is 35.5. The maximum absolute atomic E-state index is 12.2. The lowest BCUT2D eigenvalue weighted by molar-refractivity contribution is -0.151. The molecule has 0 bridgehead atoms. The van der Waals surface area contributed by atoms with E-state index in [2.05, 4.69) is 5.32 Å². The number of para-hydroxylation sites is 1. The molecule has 2 fully saturated rings. The molecule has 0 unspecified atom stereocenters. The quantitative estimate of drug-likeness (QED) is 0.772. The fourth-order valence-corrected chi connectivity index (χ4v) is 4.00. The van der Waals surface area contributed by atoms with Crippen LogP contribution < -0.4 is 5.32 Å². The summed E-state index contributed by atoms with van der Waals surface area (Å²) >= 11 is 12.0. The number of halogens is 2. The molecule has 1 heterocycles. The first-order valence-corrected chi connectivity index (χ1v) is 9.41. The number of carbonyl (C=O) groups is 3. The standard InChI is InChI=1S/C18H20Cl2N2O4/c19-13-6-3-7-14(20)17(13)21-15(23)10-26-18(25)11-8-16(24)22(9-11)12-4-1-2-5-12/h3,6-7,11-12H,1-2,4-5,8-10H2,(H,21,23)/t11-/m0/s1. The van der Waals surface area contributed by atoms with E-state index in [0.29, 0.717) is 16.6 Å². The fourth-order valence-electron chi connectivity index (χ4n) is 3.51. The van der Waals surface area contributed by atoms with E-state index in [1.54, 1.807) is 23.1 Å². The summed E-state index contributed by atoms with van der Waals surface area (Å²) in [4.78, 5) is 38.1. The first kappa shape index (κ1) is 19.0. The van der Waals surface area contributed by atoms with Crippen molar-refractivity contribution >= 4 is 46.7 Å². The van der Waals surface area contributed by atoms with Crippen molar-refractivity contribution < 1.29 is 19.1 Å². The van der Waals surface area contributed by atoms with Gasteiger partial charge in [0.1, 0.15) is 0 Å². The molecule has 2 aliphatic rings. The maximum atomic E-state index is 12.2. The largest absolute Gasteiger partial charge is 0.455 e. The third kappa shape index (κ3) is 4.30. The number of nitrogens with zero attached hydrogens (tertiary/aromatic N) is 1. The van der Waals surface area contributed by atoms with E-state index in [1.807, 2.05) is 0 Å². The van der Waals surface area contributed by atoms with Crippen LogP contribution in [0.15, 0.2) is 18.2 Å². The van der Waals surface area contributed by atoms with Crippen LogP contribution in [0.25, 0.3) is 0 Å². The second kappa shape index (κ2) is 8.27. The molecule has 0 spiro atoms. The Hall–Kier alpha value is -1.79. The number of rotatable bonds is 5. The number of hydrogen-bond acceptors (Lipinski definition) is 4. The molecule has 26 heavy (non-hydrogen) atoms. The number of benzene rings is 1. The van der Waals surface area contributed by atoms with Gasteiger partial charge < -0.3 is 15.0 Å². The van der Waals surface area contributed by atoms with Gasteiger partial charge in [-0.3, -0.25) is 14.4 Å². The van der Waals surface area contributed by atoms with Crippen molar-refractivity contribution in [2.75, 3.05) is 18.5 Å². The molecule has 1 N–H and O–H groups in total.